The highest BCUT2D eigenvalue weighted by atomic mass is 35.5. The van der Waals surface area contributed by atoms with Crippen LogP contribution < -0.4 is 10.6 Å². The van der Waals surface area contributed by atoms with Crippen molar-refractivity contribution < 1.29 is 13.9 Å². The molecule has 3 aromatic rings. The number of hydrogen-bond acceptors (Lipinski definition) is 5. The molecule has 2 saturated heterocycles. The number of anilines is 1. The van der Waals surface area contributed by atoms with Gasteiger partial charge >= 0.3 is 0 Å². The smallest absolute Gasteiger partial charge is 0.290 e. The van der Waals surface area contributed by atoms with Crippen molar-refractivity contribution in [1.29, 1.82) is 0 Å². The third-order valence-corrected chi connectivity index (χ3v) is 7.08. The van der Waals surface area contributed by atoms with Crippen LogP contribution in [0.4, 0.5) is 10.2 Å². The van der Waals surface area contributed by atoms with Crippen LogP contribution in [0.5, 0.6) is 0 Å². The molecule has 9 heteroatoms. The summed E-state index contributed by atoms with van der Waals surface area (Å²) >= 11 is 6.54. The molecule has 0 aliphatic carbocycles. The number of rotatable bonds is 5. The number of aromatic nitrogens is 3. The quantitative estimate of drug-likeness (QED) is 0.607. The zero-order chi connectivity index (χ0) is 22.9. The van der Waals surface area contributed by atoms with Gasteiger partial charge in [0.25, 0.3) is 6.08 Å². The van der Waals surface area contributed by atoms with Crippen molar-refractivity contribution in [3.8, 4) is 11.1 Å². The van der Waals surface area contributed by atoms with E-state index in [1.807, 2.05) is 24.3 Å². The van der Waals surface area contributed by atoms with Gasteiger partial charge in [0.15, 0.2) is 0 Å². The van der Waals surface area contributed by atoms with Crippen molar-refractivity contribution in [2.75, 3.05) is 31.2 Å². The fourth-order valence-corrected chi connectivity index (χ4v) is 5.07. The van der Waals surface area contributed by atoms with Gasteiger partial charge < -0.3 is 15.4 Å². The lowest BCUT2D eigenvalue weighted by molar-refractivity contribution is -0.122. The van der Waals surface area contributed by atoms with Gasteiger partial charge in [-0.3, -0.25) is 9.36 Å². The van der Waals surface area contributed by atoms with E-state index in [0.717, 1.165) is 54.7 Å². The summed E-state index contributed by atoms with van der Waals surface area (Å²) in [7, 11) is 0. The molecule has 4 heterocycles. The number of piperidine rings is 1. The number of carbonyl (C=O) groups excluding carboxylic acids is 1. The number of benzene rings is 1. The van der Waals surface area contributed by atoms with Crippen LogP contribution in [0.1, 0.15) is 25.7 Å². The van der Waals surface area contributed by atoms with Crippen molar-refractivity contribution >= 4 is 34.4 Å². The van der Waals surface area contributed by atoms with E-state index >= 15 is 0 Å². The van der Waals surface area contributed by atoms with Crippen molar-refractivity contribution in [3.63, 3.8) is 0 Å². The van der Waals surface area contributed by atoms with E-state index in [-0.39, 0.29) is 11.8 Å². The Morgan fingerprint density at radius 1 is 1.24 bits per heavy atom. The largest absolute Gasteiger partial charge is 0.381 e. The first-order valence-corrected chi connectivity index (χ1v) is 11.8. The van der Waals surface area contributed by atoms with Crippen LogP contribution in [-0.2, 0) is 16.1 Å². The first-order valence-electron chi connectivity index (χ1n) is 11.4. The zero-order valence-corrected chi connectivity index (χ0v) is 19.1. The van der Waals surface area contributed by atoms with Gasteiger partial charge in [-0.15, -0.1) is 0 Å². The Kier molecular flexibility index (Phi) is 6.21. The molecule has 2 aromatic heterocycles. The van der Waals surface area contributed by atoms with Crippen LogP contribution in [0.15, 0.2) is 30.5 Å². The van der Waals surface area contributed by atoms with E-state index in [1.165, 1.54) is 0 Å². The average Bonchev–Trinajstić information content (AvgIpc) is 3.14. The number of pyridine rings is 1. The number of ether oxygens (including phenoxy) is 1. The molecule has 1 unspecified atom stereocenters. The maximum atomic E-state index is 14.7. The summed E-state index contributed by atoms with van der Waals surface area (Å²) in [6, 6.07) is 7.61. The maximum Gasteiger partial charge on any atom is 0.290 e. The fourth-order valence-electron chi connectivity index (χ4n) is 4.86. The van der Waals surface area contributed by atoms with Gasteiger partial charge in [-0.2, -0.15) is 4.39 Å². The Labute approximate surface area is 196 Å². The van der Waals surface area contributed by atoms with Gasteiger partial charge in [0.1, 0.15) is 5.82 Å². The number of nitrogens with two attached hydrogens (primary N) is 1. The molecule has 1 amide bonds. The molecule has 0 spiro atoms. The Morgan fingerprint density at radius 2 is 2.06 bits per heavy atom. The second kappa shape index (κ2) is 9.27. The molecule has 2 fully saturated rings. The summed E-state index contributed by atoms with van der Waals surface area (Å²) in [6.45, 7) is 3.36. The molecular weight excluding hydrogens is 445 g/mol. The molecule has 174 valence electrons. The highest BCUT2D eigenvalue weighted by molar-refractivity contribution is 6.33. The summed E-state index contributed by atoms with van der Waals surface area (Å²) in [6.07, 6.45) is 4.67. The summed E-state index contributed by atoms with van der Waals surface area (Å²) in [5.74, 6) is 0.655. The number of halogens is 2. The molecule has 7 nitrogen and oxygen atoms in total. The van der Waals surface area contributed by atoms with E-state index in [9.17, 15) is 9.18 Å². The molecule has 2 aliphatic rings. The standard InChI is InChI=1S/C24H27ClFN5O2/c25-19-12-28-22(30-7-1-2-17(14-30)23(27)32)11-18(19)16-3-4-20-21(10-16)31(24(26)29-20)13-15-5-8-33-9-6-15/h3-4,10-12,15,17H,1-2,5-9,13-14H2,(H2,27,32). The lowest BCUT2D eigenvalue weighted by Gasteiger charge is -2.32. The number of nitrogens with zero attached hydrogens (tertiary/aromatic N) is 4. The van der Waals surface area contributed by atoms with Crippen molar-refractivity contribution in [1.82, 2.24) is 14.5 Å². The third kappa shape index (κ3) is 4.54. The Morgan fingerprint density at radius 3 is 2.85 bits per heavy atom. The van der Waals surface area contributed by atoms with Crippen molar-refractivity contribution in [3.05, 3.63) is 41.6 Å². The SMILES string of the molecule is NC(=O)C1CCCN(c2cc(-c3ccc4nc(F)n(CC5CCOCC5)c4c3)c(Cl)cn2)C1. The molecule has 1 aromatic carbocycles. The lowest BCUT2D eigenvalue weighted by atomic mass is 9.97. The molecule has 2 aliphatic heterocycles. The van der Waals surface area contributed by atoms with Crippen LogP contribution in [0, 0.1) is 17.9 Å². The van der Waals surface area contributed by atoms with Crippen LogP contribution >= 0.6 is 11.6 Å². The molecule has 1 atom stereocenters. The van der Waals surface area contributed by atoms with Gasteiger partial charge in [0.05, 0.1) is 22.0 Å². The van der Waals surface area contributed by atoms with Crippen LogP contribution in [0.2, 0.25) is 5.02 Å². The average molecular weight is 472 g/mol. The Balaban J connectivity index is 1.48. The topological polar surface area (TPSA) is 86.3 Å². The fraction of sp³-hybridized carbons (Fsp3) is 0.458. The first-order chi connectivity index (χ1) is 16.0. The highest BCUT2D eigenvalue weighted by Gasteiger charge is 2.25. The molecule has 33 heavy (non-hydrogen) atoms. The van der Waals surface area contributed by atoms with Gasteiger partial charge in [0, 0.05) is 44.6 Å². The normalized spacial score (nSPS) is 19.8. The van der Waals surface area contributed by atoms with E-state index in [1.54, 1.807) is 10.8 Å². The number of amides is 1. The predicted molar refractivity (Wildman–Crippen MR) is 126 cm³/mol. The summed E-state index contributed by atoms with van der Waals surface area (Å²) in [5, 5.41) is 0.512. The van der Waals surface area contributed by atoms with Crippen molar-refractivity contribution in [2.45, 2.75) is 32.2 Å². The van der Waals surface area contributed by atoms with Crippen LogP contribution in [0.25, 0.3) is 22.2 Å². The van der Waals surface area contributed by atoms with Gasteiger partial charge in [-0.25, -0.2) is 9.97 Å². The van der Waals surface area contributed by atoms with E-state index in [2.05, 4.69) is 14.9 Å². The summed E-state index contributed by atoms with van der Waals surface area (Å²) in [4.78, 5) is 22.4. The first kappa shape index (κ1) is 22.1. The van der Waals surface area contributed by atoms with E-state index in [0.29, 0.717) is 42.8 Å². The second-order valence-corrected chi connectivity index (χ2v) is 9.37. The minimum Gasteiger partial charge on any atom is -0.381 e. The van der Waals surface area contributed by atoms with Crippen molar-refractivity contribution in [2.24, 2.45) is 17.6 Å². The molecule has 0 radical (unpaired) electrons. The molecular formula is C24H27ClFN5O2. The highest BCUT2D eigenvalue weighted by Crippen LogP contribution is 2.34. The van der Waals surface area contributed by atoms with Gasteiger partial charge in [-0.05, 0) is 55.4 Å². The van der Waals surface area contributed by atoms with Gasteiger partial charge in [-0.1, -0.05) is 17.7 Å². The second-order valence-electron chi connectivity index (χ2n) is 8.96. The van der Waals surface area contributed by atoms with Crippen LogP contribution in [-0.4, -0.2) is 46.7 Å². The Hall–Kier alpha value is -2.71. The third-order valence-electron chi connectivity index (χ3n) is 6.78. The molecule has 5 rings (SSSR count). The molecule has 0 bridgehead atoms. The molecule has 2 N–H and O–H groups in total. The Bertz CT molecular complexity index is 1180. The number of primary amides is 1. The number of hydrogen-bond donors (Lipinski definition) is 1. The zero-order valence-electron chi connectivity index (χ0n) is 18.3. The molecule has 0 saturated carbocycles. The predicted octanol–water partition coefficient (Wildman–Crippen LogP) is 4.02. The minimum atomic E-state index is -0.471. The lowest BCUT2D eigenvalue weighted by Crippen LogP contribution is -2.41. The summed E-state index contributed by atoms with van der Waals surface area (Å²) in [5.41, 5.74) is 8.58. The minimum absolute atomic E-state index is 0.182. The monoisotopic (exact) mass is 471 g/mol. The van der Waals surface area contributed by atoms with E-state index < -0.39 is 6.08 Å². The van der Waals surface area contributed by atoms with E-state index in [4.69, 9.17) is 22.1 Å². The van der Waals surface area contributed by atoms with Crippen LogP contribution in [0.3, 0.4) is 0 Å². The number of carbonyl (C=O) groups is 1. The number of imidazole rings is 1. The maximum absolute atomic E-state index is 14.7. The number of fused-ring (bicyclic) bond motifs is 1. The van der Waals surface area contributed by atoms with Gasteiger partial charge in [0.2, 0.25) is 5.91 Å². The summed E-state index contributed by atoms with van der Waals surface area (Å²) < 4.78 is 21.8.